The van der Waals surface area contributed by atoms with E-state index in [1.807, 2.05) is 25.1 Å². The van der Waals surface area contributed by atoms with Gasteiger partial charge in [-0.1, -0.05) is 29.3 Å². The molecule has 0 saturated heterocycles. The van der Waals surface area contributed by atoms with Crippen molar-refractivity contribution in [3.63, 3.8) is 0 Å². The lowest BCUT2D eigenvalue weighted by Crippen LogP contribution is -2.18. The Kier molecular flexibility index (Phi) is 7.56. The van der Waals surface area contributed by atoms with Crippen LogP contribution in [-0.2, 0) is 4.79 Å². The number of carbonyl (C=O) groups is 1. The Bertz CT molecular complexity index is 939. The molecule has 8 heteroatoms. The summed E-state index contributed by atoms with van der Waals surface area (Å²) in [5.74, 6) is 0.649. The number of nitrogens with zero attached hydrogens (tertiary/aromatic N) is 1. The molecule has 0 saturated carbocycles. The zero-order valence-corrected chi connectivity index (χ0v) is 17.1. The molecule has 2 aromatic rings. The first kappa shape index (κ1) is 21.4. The Morgan fingerprint density at radius 3 is 2.43 bits per heavy atom. The van der Waals surface area contributed by atoms with E-state index >= 15 is 0 Å². The molecule has 146 valence electrons. The fraction of sp³-hybridized carbons (Fsp3) is 0.200. The number of rotatable bonds is 7. The second-order valence-electron chi connectivity index (χ2n) is 5.76. The molecule has 0 radical (unpaired) electrons. The highest BCUT2D eigenvalue weighted by atomic mass is 35.5. The number of nitriles is 1. The lowest BCUT2D eigenvalue weighted by atomic mass is 10.1. The highest BCUT2D eigenvalue weighted by Crippen LogP contribution is 2.30. The van der Waals surface area contributed by atoms with Gasteiger partial charge in [-0.25, -0.2) is 0 Å². The van der Waals surface area contributed by atoms with Crippen molar-refractivity contribution >= 4 is 34.8 Å². The van der Waals surface area contributed by atoms with Crippen molar-refractivity contribution in [2.75, 3.05) is 19.5 Å². The third-order valence-electron chi connectivity index (χ3n) is 3.93. The number of hydrogen-bond donors (Lipinski definition) is 2. The molecule has 0 aliphatic carbocycles. The number of ether oxygens (including phenoxy) is 2. The van der Waals surface area contributed by atoms with E-state index in [2.05, 4.69) is 10.6 Å². The zero-order chi connectivity index (χ0) is 20.7. The number of hydrogen-bond acceptors (Lipinski definition) is 5. The van der Waals surface area contributed by atoms with Crippen molar-refractivity contribution in [2.24, 2.45) is 0 Å². The van der Waals surface area contributed by atoms with Gasteiger partial charge in [0, 0.05) is 17.9 Å². The van der Waals surface area contributed by atoms with E-state index in [1.54, 1.807) is 32.4 Å². The molecule has 1 atom stereocenters. The monoisotopic (exact) mass is 419 g/mol. The topological polar surface area (TPSA) is 83.4 Å². The van der Waals surface area contributed by atoms with Crippen LogP contribution in [0.25, 0.3) is 0 Å². The summed E-state index contributed by atoms with van der Waals surface area (Å²) in [5, 5.41) is 15.6. The van der Waals surface area contributed by atoms with Crippen LogP contribution in [0.15, 0.2) is 48.2 Å². The number of methoxy groups -OCH3 is 2. The molecule has 0 aliphatic heterocycles. The molecular weight excluding hydrogens is 401 g/mol. The van der Waals surface area contributed by atoms with E-state index in [1.165, 1.54) is 12.3 Å². The van der Waals surface area contributed by atoms with Crippen LogP contribution in [0, 0.1) is 11.3 Å². The SMILES string of the molecule is COc1ccc(C(C)N/C=C(/C#N)C(=O)Nc2ccc(Cl)c(Cl)c2)cc1OC. The van der Waals surface area contributed by atoms with Gasteiger partial charge in [-0.3, -0.25) is 4.79 Å². The van der Waals surface area contributed by atoms with E-state index in [4.69, 9.17) is 32.7 Å². The van der Waals surface area contributed by atoms with Crippen LogP contribution in [0.3, 0.4) is 0 Å². The predicted molar refractivity (Wildman–Crippen MR) is 110 cm³/mol. The molecule has 1 amide bonds. The first-order valence-electron chi connectivity index (χ1n) is 8.24. The zero-order valence-electron chi connectivity index (χ0n) is 15.5. The third kappa shape index (κ3) is 5.32. The highest BCUT2D eigenvalue weighted by Gasteiger charge is 2.13. The molecule has 0 bridgehead atoms. The second-order valence-corrected chi connectivity index (χ2v) is 6.57. The lowest BCUT2D eigenvalue weighted by molar-refractivity contribution is -0.112. The summed E-state index contributed by atoms with van der Waals surface area (Å²) in [6.07, 6.45) is 1.37. The normalized spacial score (nSPS) is 11.9. The van der Waals surface area contributed by atoms with Crippen LogP contribution in [0.2, 0.25) is 10.0 Å². The van der Waals surface area contributed by atoms with Crippen molar-refractivity contribution in [2.45, 2.75) is 13.0 Å². The molecule has 0 aliphatic rings. The van der Waals surface area contributed by atoms with Gasteiger partial charge >= 0.3 is 0 Å². The third-order valence-corrected chi connectivity index (χ3v) is 4.67. The van der Waals surface area contributed by atoms with Gasteiger partial charge in [0.25, 0.3) is 5.91 Å². The van der Waals surface area contributed by atoms with E-state index in [-0.39, 0.29) is 11.6 Å². The van der Waals surface area contributed by atoms with Gasteiger partial charge in [0.2, 0.25) is 0 Å². The maximum atomic E-state index is 12.3. The van der Waals surface area contributed by atoms with Crippen LogP contribution in [-0.4, -0.2) is 20.1 Å². The molecule has 6 nitrogen and oxygen atoms in total. The molecule has 28 heavy (non-hydrogen) atoms. The van der Waals surface area contributed by atoms with Crippen molar-refractivity contribution in [1.82, 2.24) is 5.32 Å². The van der Waals surface area contributed by atoms with Gasteiger partial charge in [0.05, 0.1) is 24.3 Å². The van der Waals surface area contributed by atoms with E-state index in [0.29, 0.717) is 27.2 Å². The largest absolute Gasteiger partial charge is 0.493 e. The average Bonchev–Trinajstić information content (AvgIpc) is 2.70. The lowest BCUT2D eigenvalue weighted by Gasteiger charge is -2.15. The minimum absolute atomic E-state index is 0.0848. The first-order valence-corrected chi connectivity index (χ1v) is 8.99. The van der Waals surface area contributed by atoms with Crippen molar-refractivity contribution < 1.29 is 14.3 Å². The van der Waals surface area contributed by atoms with Gasteiger partial charge in [-0.2, -0.15) is 5.26 Å². The van der Waals surface area contributed by atoms with E-state index in [0.717, 1.165) is 5.56 Å². The molecule has 0 aromatic heterocycles. The maximum Gasteiger partial charge on any atom is 0.267 e. The molecule has 0 heterocycles. The Balaban J connectivity index is 2.10. The van der Waals surface area contributed by atoms with Crippen LogP contribution in [0.5, 0.6) is 11.5 Å². The standard InChI is InChI=1S/C20H19Cl2N3O3/c1-12(13-4-7-18(27-2)19(8-13)28-3)24-11-14(10-23)20(26)25-15-5-6-16(21)17(22)9-15/h4-9,11-12,24H,1-3H3,(H,25,26)/b14-11-. The number of halogens is 2. The Morgan fingerprint density at radius 2 is 1.82 bits per heavy atom. The molecule has 2 rings (SSSR count). The van der Waals surface area contributed by atoms with Crippen molar-refractivity contribution in [3.8, 4) is 17.6 Å². The van der Waals surface area contributed by atoms with Crippen LogP contribution < -0.4 is 20.1 Å². The number of nitrogens with one attached hydrogen (secondary N) is 2. The summed E-state index contributed by atoms with van der Waals surface area (Å²) in [4.78, 5) is 12.3. The molecule has 2 N–H and O–H groups in total. The Hall–Kier alpha value is -2.88. The highest BCUT2D eigenvalue weighted by molar-refractivity contribution is 6.42. The van der Waals surface area contributed by atoms with Crippen LogP contribution >= 0.6 is 23.2 Å². The van der Waals surface area contributed by atoms with Gasteiger partial charge in [0.15, 0.2) is 11.5 Å². The predicted octanol–water partition coefficient (Wildman–Crippen LogP) is 4.71. The van der Waals surface area contributed by atoms with Gasteiger partial charge in [-0.05, 0) is 42.8 Å². The number of anilines is 1. The van der Waals surface area contributed by atoms with Crippen molar-refractivity contribution in [3.05, 3.63) is 63.8 Å². The van der Waals surface area contributed by atoms with Gasteiger partial charge in [-0.15, -0.1) is 0 Å². The molecule has 0 spiro atoms. The maximum absolute atomic E-state index is 12.3. The molecule has 2 aromatic carbocycles. The quantitative estimate of drug-likeness (QED) is 0.501. The smallest absolute Gasteiger partial charge is 0.267 e. The van der Waals surface area contributed by atoms with Gasteiger partial charge < -0.3 is 20.1 Å². The molecule has 1 unspecified atom stereocenters. The fourth-order valence-electron chi connectivity index (χ4n) is 2.35. The number of carbonyl (C=O) groups excluding carboxylic acids is 1. The molecular formula is C20H19Cl2N3O3. The summed E-state index contributed by atoms with van der Waals surface area (Å²) in [6.45, 7) is 1.89. The summed E-state index contributed by atoms with van der Waals surface area (Å²) in [6, 6.07) is 11.9. The Labute approximate surface area is 173 Å². The summed E-state index contributed by atoms with van der Waals surface area (Å²) >= 11 is 11.8. The van der Waals surface area contributed by atoms with E-state index in [9.17, 15) is 10.1 Å². The fourth-order valence-corrected chi connectivity index (χ4v) is 2.65. The minimum atomic E-state index is -0.562. The second kappa shape index (κ2) is 9.88. The summed E-state index contributed by atoms with van der Waals surface area (Å²) in [5.41, 5.74) is 1.25. The van der Waals surface area contributed by atoms with Crippen molar-refractivity contribution in [1.29, 1.82) is 5.26 Å². The van der Waals surface area contributed by atoms with E-state index < -0.39 is 5.91 Å². The Morgan fingerprint density at radius 1 is 1.11 bits per heavy atom. The average molecular weight is 420 g/mol. The first-order chi connectivity index (χ1) is 13.4. The minimum Gasteiger partial charge on any atom is -0.493 e. The van der Waals surface area contributed by atoms with Gasteiger partial charge in [0.1, 0.15) is 11.6 Å². The number of benzene rings is 2. The number of amides is 1. The molecule has 0 fully saturated rings. The summed E-state index contributed by atoms with van der Waals surface area (Å²) < 4.78 is 10.5. The van der Waals surface area contributed by atoms with Crippen LogP contribution in [0.1, 0.15) is 18.5 Å². The summed E-state index contributed by atoms with van der Waals surface area (Å²) in [7, 11) is 3.12. The van der Waals surface area contributed by atoms with Crippen LogP contribution in [0.4, 0.5) is 5.69 Å².